The highest BCUT2D eigenvalue weighted by Gasteiger charge is 2.30. The van der Waals surface area contributed by atoms with E-state index in [4.69, 9.17) is 14.8 Å². The van der Waals surface area contributed by atoms with Crippen LogP contribution in [0.4, 0.5) is 13.2 Å². The molecule has 0 spiro atoms. The zero-order valence-electron chi connectivity index (χ0n) is 18.1. The highest BCUT2D eigenvalue weighted by molar-refractivity contribution is 7.15. The molecule has 0 fully saturated rings. The van der Waals surface area contributed by atoms with Crippen molar-refractivity contribution >= 4 is 17.3 Å². The minimum Gasteiger partial charge on any atom is -0.493 e. The summed E-state index contributed by atoms with van der Waals surface area (Å²) in [4.78, 5) is 16.8. The molecular weight excluding hydrogens is 451 g/mol. The maximum absolute atomic E-state index is 12.9. The predicted octanol–water partition coefficient (Wildman–Crippen LogP) is 6.65. The molecule has 1 aromatic heterocycles. The van der Waals surface area contributed by atoms with Crippen LogP contribution in [0.1, 0.15) is 52.4 Å². The molecule has 1 heterocycles. The van der Waals surface area contributed by atoms with E-state index in [1.165, 1.54) is 17.0 Å². The van der Waals surface area contributed by atoms with Crippen molar-refractivity contribution < 1.29 is 27.8 Å². The normalized spacial score (nSPS) is 15.8. The molecule has 4 nitrogen and oxygen atoms in total. The van der Waals surface area contributed by atoms with E-state index in [2.05, 4.69) is 0 Å². The van der Waals surface area contributed by atoms with Gasteiger partial charge >= 0.3 is 12.1 Å². The number of halogens is 3. The average molecular weight is 476 g/mol. The van der Waals surface area contributed by atoms with Gasteiger partial charge in [0.25, 0.3) is 0 Å². The summed E-state index contributed by atoms with van der Waals surface area (Å²) in [7, 11) is 0. The fourth-order valence-electron chi connectivity index (χ4n) is 4.07. The Morgan fingerprint density at radius 3 is 2.64 bits per heavy atom. The molecule has 174 valence electrons. The number of nitrogens with zero attached hydrogens (tertiary/aromatic N) is 1. The minimum atomic E-state index is -4.35. The van der Waals surface area contributed by atoms with Crippen LogP contribution < -0.4 is 4.74 Å². The summed E-state index contributed by atoms with van der Waals surface area (Å²) in [6.07, 6.45) is -0.894. The number of alkyl halides is 3. The molecule has 1 N–H and O–H groups in total. The fourth-order valence-corrected chi connectivity index (χ4v) is 5.27. The lowest BCUT2D eigenvalue weighted by molar-refractivity contribution is -0.138. The molecule has 0 saturated heterocycles. The first-order chi connectivity index (χ1) is 15.7. The lowest BCUT2D eigenvalue weighted by Crippen LogP contribution is -2.16. The van der Waals surface area contributed by atoms with Crippen molar-refractivity contribution in [2.24, 2.45) is 0 Å². The number of benzene rings is 2. The molecule has 4 rings (SSSR count). The van der Waals surface area contributed by atoms with Gasteiger partial charge in [-0.15, -0.1) is 11.3 Å². The van der Waals surface area contributed by atoms with Crippen molar-refractivity contribution in [1.82, 2.24) is 4.98 Å². The van der Waals surface area contributed by atoms with Gasteiger partial charge < -0.3 is 9.84 Å². The number of carbonyl (C=O) groups is 1. The third-order valence-corrected chi connectivity index (χ3v) is 7.08. The van der Waals surface area contributed by atoms with Gasteiger partial charge in [0.05, 0.1) is 17.9 Å². The first-order valence-electron chi connectivity index (χ1n) is 10.8. The van der Waals surface area contributed by atoms with Gasteiger partial charge in [-0.2, -0.15) is 13.2 Å². The number of thiazole rings is 1. The third kappa shape index (κ3) is 5.55. The van der Waals surface area contributed by atoms with E-state index in [9.17, 15) is 18.0 Å². The Hall–Kier alpha value is -2.87. The topological polar surface area (TPSA) is 59.4 Å². The predicted molar refractivity (Wildman–Crippen MR) is 121 cm³/mol. The first-order valence-corrected chi connectivity index (χ1v) is 11.6. The number of aliphatic carboxylic acids is 1. The zero-order valence-corrected chi connectivity index (χ0v) is 18.9. The smallest absolute Gasteiger partial charge is 0.416 e. The van der Waals surface area contributed by atoms with Crippen molar-refractivity contribution in [2.45, 2.75) is 51.1 Å². The van der Waals surface area contributed by atoms with Crippen LogP contribution in [0.2, 0.25) is 0 Å². The van der Waals surface area contributed by atoms with Crippen molar-refractivity contribution in [3.8, 4) is 16.3 Å². The van der Waals surface area contributed by atoms with Crippen LogP contribution in [0.3, 0.4) is 0 Å². The number of rotatable bonds is 7. The Morgan fingerprint density at radius 2 is 1.97 bits per heavy atom. The maximum Gasteiger partial charge on any atom is 0.416 e. The molecule has 0 radical (unpaired) electrons. The van der Waals surface area contributed by atoms with E-state index >= 15 is 0 Å². The summed E-state index contributed by atoms with van der Waals surface area (Å²) in [5.41, 5.74) is 3.00. The van der Waals surface area contributed by atoms with Crippen LogP contribution >= 0.6 is 11.3 Å². The van der Waals surface area contributed by atoms with Gasteiger partial charge in [0.2, 0.25) is 0 Å². The largest absolute Gasteiger partial charge is 0.493 e. The Labute approximate surface area is 194 Å². The summed E-state index contributed by atoms with van der Waals surface area (Å²) in [5.74, 6) is 0.0406. The van der Waals surface area contributed by atoms with Gasteiger partial charge in [-0.25, -0.2) is 4.98 Å². The van der Waals surface area contributed by atoms with E-state index in [0.717, 1.165) is 59.0 Å². The molecule has 8 heteroatoms. The Kier molecular flexibility index (Phi) is 6.74. The number of ether oxygens (including phenoxy) is 1. The van der Waals surface area contributed by atoms with Crippen LogP contribution in [0.25, 0.3) is 10.6 Å². The Bertz CT molecular complexity index is 1140. The van der Waals surface area contributed by atoms with Gasteiger partial charge in [-0.05, 0) is 68.0 Å². The molecule has 0 aliphatic heterocycles. The molecule has 1 aliphatic rings. The fraction of sp³-hybridized carbons (Fsp3) is 0.360. The van der Waals surface area contributed by atoms with Crippen molar-refractivity contribution in [1.29, 1.82) is 0 Å². The number of aromatic nitrogens is 1. The molecule has 33 heavy (non-hydrogen) atoms. The molecule has 0 unspecified atom stereocenters. The molecule has 1 aliphatic carbocycles. The average Bonchev–Trinajstić information content (AvgIpc) is 3.21. The molecule has 0 saturated carbocycles. The van der Waals surface area contributed by atoms with E-state index in [0.29, 0.717) is 18.6 Å². The highest BCUT2D eigenvalue weighted by atomic mass is 32.1. The van der Waals surface area contributed by atoms with Crippen molar-refractivity contribution in [3.05, 3.63) is 69.7 Å². The zero-order chi connectivity index (χ0) is 23.6. The Morgan fingerprint density at radius 1 is 1.21 bits per heavy atom. The van der Waals surface area contributed by atoms with Crippen LogP contribution in [0, 0.1) is 6.92 Å². The van der Waals surface area contributed by atoms with Gasteiger partial charge in [-0.3, -0.25) is 4.79 Å². The minimum absolute atomic E-state index is 0.0942. The number of hydrogen-bond donors (Lipinski definition) is 1. The monoisotopic (exact) mass is 475 g/mol. The van der Waals surface area contributed by atoms with E-state index < -0.39 is 17.7 Å². The summed E-state index contributed by atoms with van der Waals surface area (Å²) in [5, 5.41) is 9.61. The molecular formula is C25H24F3NO3S. The summed E-state index contributed by atoms with van der Waals surface area (Å²) in [6, 6.07) is 10.8. The summed E-state index contributed by atoms with van der Waals surface area (Å²) >= 11 is 1.54. The quantitative estimate of drug-likeness (QED) is 0.415. The standard InChI is InChI=1S/C25H24F3NO3S/c1-15-13-20(11-7-16(15)8-12-22(30)31)32-14-18-3-2-4-21-23(18)29-24(33-21)17-5-9-19(10-6-17)25(26,27)28/h5-7,9-11,13,18H,2-4,8,12,14H2,1H3,(H,30,31)/t18-/m0/s1. The van der Waals surface area contributed by atoms with Crippen molar-refractivity contribution in [2.75, 3.05) is 6.61 Å². The Balaban J connectivity index is 1.45. The SMILES string of the molecule is Cc1cc(OC[C@@H]2CCCc3sc(-c4ccc(C(F)(F)F)cc4)nc32)ccc1CCC(=O)O. The van der Waals surface area contributed by atoms with Crippen LogP contribution in [-0.2, 0) is 23.8 Å². The number of carboxylic acid groups (broad SMARTS) is 1. The molecule has 2 aromatic carbocycles. The van der Waals surface area contributed by atoms with Crippen LogP contribution in [-0.4, -0.2) is 22.7 Å². The second-order valence-electron chi connectivity index (χ2n) is 8.28. The second kappa shape index (κ2) is 9.55. The van der Waals surface area contributed by atoms with Crippen LogP contribution in [0.5, 0.6) is 5.75 Å². The lowest BCUT2D eigenvalue weighted by atomic mass is 9.92. The van der Waals surface area contributed by atoms with E-state index in [-0.39, 0.29) is 12.3 Å². The number of hydrogen-bond acceptors (Lipinski definition) is 4. The molecule has 0 bridgehead atoms. The number of carboxylic acids is 1. The van der Waals surface area contributed by atoms with Gasteiger partial charge in [0.1, 0.15) is 10.8 Å². The highest BCUT2D eigenvalue weighted by Crippen LogP contribution is 2.39. The van der Waals surface area contributed by atoms with E-state index in [1.54, 1.807) is 11.3 Å². The van der Waals surface area contributed by atoms with Gasteiger partial charge in [-0.1, -0.05) is 18.2 Å². The molecule has 3 aromatic rings. The number of fused-ring (bicyclic) bond motifs is 1. The van der Waals surface area contributed by atoms with Crippen LogP contribution in [0.15, 0.2) is 42.5 Å². The van der Waals surface area contributed by atoms with Crippen molar-refractivity contribution in [3.63, 3.8) is 0 Å². The van der Waals surface area contributed by atoms with E-state index in [1.807, 2.05) is 25.1 Å². The summed E-state index contributed by atoms with van der Waals surface area (Å²) < 4.78 is 44.6. The number of aryl methyl sites for hydroxylation is 3. The molecule has 1 atom stereocenters. The second-order valence-corrected chi connectivity index (χ2v) is 9.37. The van der Waals surface area contributed by atoms with Gasteiger partial charge in [0.15, 0.2) is 0 Å². The first kappa shape index (κ1) is 23.3. The maximum atomic E-state index is 12.9. The molecule has 0 amide bonds. The third-order valence-electron chi connectivity index (χ3n) is 5.90. The summed E-state index contributed by atoms with van der Waals surface area (Å²) in [6.45, 7) is 2.41. The lowest BCUT2D eigenvalue weighted by Gasteiger charge is -2.21. The van der Waals surface area contributed by atoms with Gasteiger partial charge in [0, 0.05) is 22.8 Å².